The van der Waals surface area contributed by atoms with Crippen LogP contribution in [0.5, 0.6) is 5.75 Å². The molecule has 4 rings (SSSR count). The second kappa shape index (κ2) is 4.97. The van der Waals surface area contributed by atoms with Crippen molar-refractivity contribution in [2.24, 2.45) is 0 Å². The van der Waals surface area contributed by atoms with Crippen LogP contribution in [0.25, 0.3) is 5.69 Å². The Labute approximate surface area is 129 Å². The lowest BCUT2D eigenvalue weighted by Crippen LogP contribution is -2.37. The maximum Gasteiger partial charge on any atom is 0.221 e. The van der Waals surface area contributed by atoms with Crippen LogP contribution in [-0.2, 0) is 14.3 Å². The highest BCUT2D eigenvalue weighted by Crippen LogP contribution is 2.32. The minimum Gasteiger partial charge on any atom is -0.508 e. The molecule has 0 radical (unpaired) electrons. The van der Waals surface area contributed by atoms with E-state index in [0.717, 1.165) is 0 Å². The molecule has 1 N–H and O–H groups in total. The number of ether oxygens (including phenoxy) is 2. The lowest BCUT2D eigenvalue weighted by Gasteiger charge is -2.25. The molecule has 22 heavy (non-hydrogen) atoms. The summed E-state index contributed by atoms with van der Waals surface area (Å²) in [6, 6.07) is 6.13. The first-order valence-electron chi connectivity index (χ1n) is 6.77. The Morgan fingerprint density at radius 2 is 2.05 bits per heavy atom. The predicted octanol–water partition coefficient (Wildman–Crippen LogP) is 0.759. The van der Waals surface area contributed by atoms with Crippen LogP contribution >= 0.6 is 12.2 Å². The Balaban J connectivity index is 1.71. The fourth-order valence-electron chi connectivity index (χ4n) is 2.69. The van der Waals surface area contributed by atoms with E-state index in [1.807, 2.05) is 0 Å². The number of aromatic nitrogens is 4. The van der Waals surface area contributed by atoms with E-state index >= 15 is 0 Å². The molecule has 8 nitrogen and oxygen atoms in total. The molecule has 0 amide bonds. The fourth-order valence-corrected chi connectivity index (χ4v) is 3.00. The third-order valence-electron chi connectivity index (χ3n) is 3.82. The highest BCUT2D eigenvalue weighted by Gasteiger charge is 2.45. The van der Waals surface area contributed by atoms with Gasteiger partial charge in [0.1, 0.15) is 11.9 Å². The van der Waals surface area contributed by atoms with E-state index in [1.54, 1.807) is 24.3 Å². The van der Waals surface area contributed by atoms with Crippen LogP contribution in [0.1, 0.15) is 12.5 Å². The summed E-state index contributed by atoms with van der Waals surface area (Å²) in [5, 5.41) is 17.4. The molecule has 1 aromatic carbocycles. The van der Waals surface area contributed by atoms with Gasteiger partial charge < -0.3 is 14.6 Å². The van der Waals surface area contributed by atoms with Gasteiger partial charge in [0, 0.05) is 6.42 Å². The third-order valence-corrected chi connectivity index (χ3v) is 4.18. The first-order valence-corrected chi connectivity index (χ1v) is 7.18. The number of aromatic hydroxyl groups is 1. The summed E-state index contributed by atoms with van der Waals surface area (Å²) >= 11 is 5.40. The highest BCUT2D eigenvalue weighted by molar-refractivity contribution is 7.71. The molecule has 0 saturated carbocycles. The fraction of sp³-hybridized carbons (Fsp3) is 0.385. The molecule has 0 aliphatic carbocycles. The molecule has 114 valence electrons. The molecule has 2 bridgehead atoms. The lowest BCUT2D eigenvalue weighted by atomic mass is 10.0. The van der Waals surface area contributed by atoms with Crippen LogP contribution in [0, 0.1) is 4.77 Å². The van der Waals surface area contributed by atoms with E-state index in [9.17, 15) is 9.90 Å². The van der Waals surface area contributed by atoms with Crippen molar-refractivity contribution in [1.82, 2.24) is 19.8 Å². The highest BCUT2D eigenvalue weighted by atomic mass is 32.1. The number of hydrogen-bond donors (Lipinski definition) is 1. The smallest absolute Gasteiger partial charge is 0.221 e. The van der Waals surface area contributed by atoms with E-state index in [2.05, 4.69) is 10.4 Å². The number of phenols is 1. The number of hydrogen-bond acceptors (Lipinski definition) is 7. The zero-order valence-corrected chi connectivity index (χ0v) is 12.1. The van der Waals surface area contributed by atoms with Gasteiger partial charge in [0.25, 0.3) is 0 Å². The summed E-state index contributed by atoms with van der Waals surface area (Å²) in [5.41, 5.74) is 0.678. The number of rotatable bonds is 2. The van der Waals surface area contributed by atoms with Gasteiger partial charge in [-0.25, -0.2) is 4.68 Å². The quantitative estimate of drug-likeness (QED) is 0.817. The number of Topliss-reactive ketones (excluding diaryl/α,β-unsaturated/α-hetero) is 1. The number of benzene rings is 1. The zero-order chi connectivity index (χ0) is 15.3. The molecule has 2 fully saturated rings. The molecule has 2 aliphatic rings. The number of ketones is 1. The SMILES string of the molecule is O=C1C[C@H](n2nnn(-c3ccc(O)cc3)c2=S)[C@H]2CO[C@H]1O2. The molecule has 9 heteroatoms. The summed E-state index contributed by atoms with van der Waals surface area (Å²) in [6.07, 6.45) is -0.736. The molecule has 2 aliphatic heterocycles. The van der Waals surface area contributed by atoms with Crippen molar-refractivity contribution in [2.75, 3.05) is 6.61 Å². The minimum atomic E-state index is -0.748. The van der Waals surface area contributed by atoms with Crippen LogP contribution in [0.2, 0.25) is 0 Å². The van der Waals surface area contributed by atoms with Gasteiger partial charge in [0.05, 0.1) is 18.3 Å². The molecule has 0 unspecified atom stereocenters. The van der Waals surface area contributed by atoms with Crippen molar-refractivity contribution in [3.63, 3.8) is 0 Å². The van der Waals surface area contributed by atoms with Crippen molar-refractivity contribution in [1.29, 1.82) is 0 Å². The standard InChI is InChI=1S/C13H12N4O4S/c18-8-3-1-7(2-4-8)16-13(22)17(15-14-16)9-5-10(19)12-20-6-11(9)21-12/h1-4,9,11-12,18H,5-6H2/t9-,11+,12-/m0/s1. The molecule has 3 atom stereocenters. The number of carbonyl (C=O) groups excluding carboxylic acids is 1. The van der Waals surface area contributed by atoms with E-state index in [1.165, 1.54) is 9.36 Å². The molecular formula is C13H12N4O4S. The van der Waals surface area contributed by atoms with Gasteiger partial charge in [-0.05, 0) is 46.9 Å². The number of phenolic OH excluding ortho intramolecular Hbond substituents is 1. The molecule has 1 aromatic heterocycles. The Morgan fingerprint density at radius 3 is 2.82 bits per heavy atom. The van der Waals surface area contributed by atoms with Gasteiger partial charge in [-0.2, -0.15) is 4.68 Å². The first-order chi connectivity index (χ1) is 10.6. The molecule has 2 aromatic rings. The van der Waals surface area contributed by atoms with Gasteiger partial charge in [-0.15, -0.1) is 0 Å². The zero-order valence-electron chi connectivity index (χ0n) is 11.3. The van der Waals surface area contributed by atoms with Crippen molar-refractivity contribution in [2.45, 2.75) is 24.9 Å². The Kier molecular flexibility index (Phi) is 3.06. The maximum absolute atomic E-state index is 11.9. The second-order valence-electron chi connectivity index (χ2n) is 5.21. The normalized spacial score (nSPS) is 27.3. The van der Waals surface area contributed by atoms with Gasteiger partial charge in [0.15, 0.2) is 5.78 Å². The van der Waals surface area contributed by atoms with Crippen LogP contribution < -0.4 is 0 Å². The van der Waals surface area contributed by atoms with Crippen LogP contribution in [0.3, 0.4) is 0 Å². The third kappa shape index (κ3) is 2.05. The molecule has 2 saturated heterocycles. The van der Waals surface area contributed by atoms with Crippen molar-refractivity contribution in [3.8, 4) is 11.4 Å². The van der Waals surface area contributed by atoms with E-state index in [0.29, 0.717) is 17.1 Å². The summed E-state index contributed by atoms with van der Waals surface area (Å²) in [5.74, 6) is 0.0444. The van der Waals surface area contributed by atoms with Crippen molar-refractivity contribution < 1.29 is 19.4 Å². The van der Waals surface area contributed by atoms with E-state index in [4.69, 9.17) is 21.7 Å². The van der Waals surface area contributed by atoms with Crippen LogP contribution in [0.15, 0.2) is 24.3 Å². The number of tetrazole rings is 1. The average Bonchev–Trinajstić information content (AvgIpc) is 3.10. The number of fused-ring (bicyclic) bond motifs is 2. The van der Waals surface area contributed by atoms with Gasteiger partial charge in [-0.1, -0.05) is 0 Å². The van der Waals surface area contributed by atoms with Crippen LogP contribution in [-0.4, -0.2) is 49.7 Å². The topological polar surface area (TPSA) is 91.4 Å². The van der Waals surface area contributed by atoms with Gasteiger partial charge in [0.2, 0.25) is 11.1 Å². The molecule has 3 heterocycles. The summed E-state index contributed by atoms with van der Waals surface area (Å²) in [6.45, 7) is 0.342. The first kappa shape index (κ1) is 13.6. The number of nitrogens with zero attached hydrogens (tertiary/aromatic N) is 4. The van der Waals surface area contributed by atoms with E-state index < -0.39 is 6.29 Å². The lowest BCUT2D eigenvalue weighted by molar-refractivity contribution is -0.156. The maximum atomic E-state index is 11.9. The monoisotopic (exact) mass is 320 g/mol. The van der Waals surface area contributed by atoms with Crippen LogP contribution in [0.4, 0.5) is 0 Å². The second-order valence-corrected chi connectivity index (χ2v) is 5.58. The summed E-state index contributed by atoms with van der Waals surface area (Å²) in [7, 11) is 0. The summed E-state index contributed by atoms with van der Waals surface area (Å²) in [4.78, 5) is 11.9. The minimum absolute atomic E-state index is 0.111. The largest absolute Gasteiger partial charge is 0.508 e. The average molecular weight is 320 g/mol. The van der Waals surface area contributed by atoms with E-state index in [-0.39, 0.29) is 30.1 Å². The molecule has 0 spiro atoms. The Hall–Kier alpha value is -2.10. The summed E-state index contributed by atoms with van der Waals surface area (Å²) < 4.78 is 14.2. The predicted molar refractivity (Wildman–Crippen MR) is 75.1 cm³/mol. The Bertz CT molecular complexity index is 784. The van der Waals surface area contributed by atoms with Gasteiger partial charge in [-0.3, -0.25) is 4.79 Å². The van der Waals surface area contributed by atoms with Crippen molar-refractivity contribution in [3.05, 3.63) is 29.0 Å². The van der Waals surface area contributed by atoms with Gasteiger partial charge >= 0.3 is 0 Å². The van der Waals surface area contributed by atoms with Crippen molar-refractivity contribution >= 4 is 18.0 Å². The Morgan fingerprint density at radius 1 is 1.27 bits per heavy atom. The molecular weight excluding hydrogens is 308 g/mol. The number of carbonyl (C=O) groups is 1.